The van der Waals surface area contributed by atoms with Gasteiger partial charge in [-0.15, -0.1) is 0 Å². The Labute approximate surface area is 105 Å². The highest BCUT2D eigenvalue weighted by Crippen LogP contribution is 2.32. The molecule has 0 aromatic heterocycles. The third kappa shape index (κ3) is 2.96. The Bertz CT molecular complexity index is 403. The minimum absolute atomic E-state index is 0.518. The zero-order valence-corrected chi connectivity index (χ0v) is 10.3. The first kappa shape index (κ1) is 13.2. The van der Waals surface area contributed by atoms with Crippen LogP contribution in [0.2, 0.25) is 0 Å². The third-order valence-electron chi connectivity index (χ3n) is 3.32. The molecule has 0 spiro atoms. The van der Waals surface area contributed by atoms with E-state index in [-0.39, 0.29) is 0 Å². The van der Waals surface area contributed by atoms with Crippen molar-refractivity contribution < 1.29 is 13.2 Å². The van der Waals surface area contributed by atoms with Gasteiger partial charge in [0.25, 0.3) is 0 Å². The average Bonchev–Trinajstić information content (AvgIpc) is 2.77. The highest BCUT2D eigenvalue weighted by Gasteiger charge is 2.31. The second-order valence-corrected chi connectivity index (χ2v) is 4.71. The average molecular weight is 258 g/mol. The molecule has 18 heavy (non-hydrogen) atoms. The van der Waals surface area contributed by atoms with Gasteiger partial charge in [-0.3, -0.25) is 0 Å². The molecule has 1 aromatic rings. The van der Waals surface area contributed by atoms with Crippen LogP contribution in [0, 0.1) is 5.92 Å². The molecule has 0 saturated carbocycles. The van der Waals surface area contributed by atoms with Gasteiger partial charge >= 0.3 is 6.18 Å². The van der Waals surface area contributed by atoms with Gasteiger partial charge in [0.05, 0.1) is 5.56 Å². The van der Waals surface area contributed by atoms with E-state index in [1.807, 2.05) is 11.9 Å². The lowest BCUT2D eigenvalue weighted by atomic mass is 10.1. The lowest BCUT2D eigenvalue weighted by Gasteiger charge is -2.20. The molecular formula is C13H17F3N2. The van der Waals surface area contributed by atoms with Gasteiger partial charge in [-0.05, 0) is 44.1 Å². The molecular weight excluding hydrogens is 241 g/mol. The first-order chi connectivity index (χ1) is 8.50. The molecule has 1 aliphatic rings. The molecule has 1 saturated heterocycles. The van der Waals surface area contributed by atoms with Gasteiger partial charge in [0, 0.05) is 18.8 Å². The maximum atomic E-state index is 12.6. The molecule has 1 aromatic carbocycles. The van der Waals surface area contributed by atoms with Crippen LogP contribution in [0.1, 0.15) is 12.0 Å². The second-order valence-electron chi connectivity index (χ2n) is 4.71. The highest BCUT2D eigenvalue weighted by atomic mass is 19.4. The van der Waals surface area contributed by atoms with Crippen LogP contribution in [0.25, 0.3) is 0 Å². The smallest absolute Gasteiger partial charge is 0.371 e. The number of hydrogen-bond acceptors (Lipinski definition) is 2. The van der Waals surface area contributed by atoms with E-state index < -0.39 is 11.7 Å². The predicted octanol–water partition coefficient (Wildman–Crippen LogP) is 2.75. The molecule has 0 bridgehead atoms. The fourth-order valence-electron chi connectivity index (χ4n) is 2.40. The van der Waals surface area contributed by atoms with E-state index in [1.54, 1.807) is 6.07 Å². The largest absolute Gasteiger partial charge is 0.416 e. The van der Waals surface area contributed by atoms with Crippen molar-refractivity contribution in [1.82, 2.24) is 5.32 Å². The summed E-state index contributed by atoms with van der Waals surface area (Å²) in [6.45, 7) is 2.56. The Hall–Kier alpha value is -1.23. The predicted molar refractivity (Wildman–Crippen MR) is 65.7 cm³/mol. The molecule has 1 fully saturated rings. The summed E-state index contributed by atoms with van der Waals surface area (Å²) >= 11 is 0. The summed E-state index contributed by atoms with van der Waals surface area (Å²) in [4.78, 5) is 2.03. The molecule has 2 nitrogen and oxygen atoms in total. The van der Waals surface area contributed by atoms with E-state index in [0.717, 1.165) is 32.1 Å². The third-order valence-corrected chi connectivity index (χ3v) is 3.32. The first-order valence-corrected chi connectivity index (χ1v) is 6.07. The van der Waals surface area contributed by atoms with Crippen LogP contribution in [0.3, 0.4) is 0 Å². The summed E-state index contributed by atoms with van der Waals surface area (Å²) in [5, 5.41) is 3.11. The van der Waals surface area contributed by atoms with Crippen LogP contribution >= 0.6 is 0 Å². The monoisotopic (exact) mass is 258 g/mol. The number of benzene rings is 1. The van der Waals surface area contributed by atoms with Gasteiger partial charge in [-0.2, -0.15) is 13.2 Å². The van der Waals surface area contributed by atoms with Crippen LogP contribution in [-0.2, 0) is 6.18 Å². The molecule has 0 radical (unpaired) electrons. The molecule has 1 aliphatic heterocycles. The maximum Gasteiger partial charge on any atom is 0.416 e. The van der Waals surface area contributed by atoms with Crippen molar-refractivity contribution in [1.29, 1.82) is 0 Å². The molecule has 5 heteroatoms. The van der Waals surface area contributed by atoms with Crippen molar-refractivity contribution in [2.75, 3.05) is 31.6 Å². The fourth-order valence-corrected chi connectivity index (χ4v) is 2.40. The quantitative estimate of drug-likeness (QED) is 0.896. The summed E-state index contributed by atoms with van der Waals surface area (Å²) < 4.78 is 37.9. The number of rotatable bonds is 3. The summed E-state index contributed by atoms with van der Waals surface area (Å²) in [6, 6.07) is 5.58. The van der Waals surface area contributed by atoms with E-state index in [1.165, 1.54) is 12.1 Å². The van der Waals surface area contributed by atoms with E-state index in [0.29, 0.717) is 11.6 Å². The lowest BCUT2D eigenvalue weighted by Crippen LogP contribution is -2.24. The molecule has 1 unspecified atom stereocenters. The SMILES string of the molecule is CNCC1CCN(c2cccc(C(F)(F)F)c2)C1. The molecule has 0 amide bonds. The molecule has 0 aliphatic carbocycles. The Morgan fingerprint density at radius 2 is 2.17 bits per heavy atom. The van der Waals surface area contributed by atoms with Crippen LogP contribution < -0.4 is 10.2 Å². The standard InChI is InChI=1S/C13H17F3N2/c1-17-8-10-5-6-18(9-10)12-4-2-3-11(7-12)13(14,15)16/h2-4,7,10,17H,5-6,8-9H2,1H3. The number of anilines is 1. The van der Waals surface area contributed by atoms with Crippen molar-refractivity contribution in [3.63, 3.8) is 0 Å². The van der Waals surface area contributed by atoms with Gasteiger partial charge in [0.15, 0.2) is 0 Å². The van der Waals surface area contributed by atoms with Crippen LogP contribution in [-0.4, -0.2) is 26.7 Å². The zero-order chi connectivity index (χ0) is 13.2. The maximum absolute atomic E-state index is 12.6. The minimum atomic E-state index is -4.26. The van der Waals surface area contributed by atoms with Crippen LogP contribution in [0.15, 0.2) is 24.3 Å². The number of nitrogens with one attached hydrogen (secondary N) is 1. The molecule has 1 atom stereocenters. The second kappa shape index (κ2) is 5.18. The number of hydrogen-bond donors (Lipinski definition) is 1. The molecule has 2 rings (SSSR count). The molecule has 1 heterocycles. The van der Waals surface area contributed by atoms with Crippen LogP contribution in [0.5, 0.6) is 0 Å². The topological polar surface area (TPSA) is 15.3 Å². The van der Waals surface area contributed by atoms with Gasteiger partial charge in [0.1, 0.15) is 0 Å². The zero-order valence-electron chi connectivity index (χ0n) is 10.3. The van der Waals surface area contributed by atoms with Crippen molar-refractivity contribution in [2.24, 2.45) is 5.92 Å². The summed E-state index contributed by atoms with van der Waals surface area (Å²) in [5.74, 6) is 0.518. The minimum Gasteiger partial charge on any atom is -0.371 e. The van der Waals surface area contributed by atoms with Crippen molar-refractivity contribution in [3.05, 3.63) is 29.8 Å². The Balaban J connectivity index is 2.10. The Morgan fingerprint density at radius 1 is 1.39 bits per heavy atom. The number of alkyl halides is 3. The highest BCUT2D eigenvalue weighted by molar-refractivity contribution is 5.50. The van der Waals surface area contributed by atoms with Crippen LogP contribution in [0.4, 0.5) is 18.9 Å². The Kier molecular flexibility index (Phi) is 3.80. The van der Waals surface area contributed by atoms with Gasteiger partial charge in [-0.25, -0.2) is 0 Å². The molecule has 100 valence electrons. The Morgan fingerprint density at radius 3 is 2.83 bits per heavy atom. The van der Waals surface area contributed by atoms with Crippen molar-refractivity contribution in [3.8, 4) is 0 Å². The normalized spacial score (nSPS) is 20.4. The summed E-state index contributed by atoms with van der Waals surface area (Å²) in [6.07, 6.45) is -3.24. The lowest BCUT2D eigenvalue weighted by molar-refractivity contribution is -0.137. The number of nitrogens with zero attached hydrogens (tertiary/aromatic N) is 1. The van der Waals surface area contributed by atoms with Crippen molar-refractivity contribution in [2.45, 2.75) is 12.6 Å². The van der Waals surface area contributed by atoms with Gasteiger partial charge in [0.2, 0.25) is 0 Å². The van der Waals surface area contributed by atoms with E-state index in [2.05, 4.69) is 5.32 Å². The summed E-state index contributed by atoms with van der Waals surface area (Å²) in [5.41, 5.74) is 0.0977. The summed E-state index contributed by atoms with van der Waals surface area (Å²) in [7, 11) is 1.90. The van der Waals surface area contributed by atoms with E-state index >= 15 is 0 Å². The van der Waals surface area contributed by atoms with Gasteiger partial charge in [-0.1, -0.05) is 6.07 Å². The van der Waals surface area contributed by atoms with E-state index in [4.69, 9.17) is 0 Å². The first-order valence-electron chi connectivity index (χ1n) is 6.07. The van der Waals surface area contributed by atoms with Gasteiger partial charge < -0.3 is 10.2 Å². The fraction of sp³-hybridized carbons (Fsp3) is 0.538. The van der Waals surface area contributed by atoms with Crippen molar-refractivity contribution >= 4 is 5.69 Å². The van der Waals surface area contributed by atoms with E-state index in [9.17, 15) is 13.2 Å². The molecule has 1 N–H and O–H groups in total. The number of halogens is 3.